The second-order valence-corrected chi connectivity index (χ2v) is 11.6. The summed E-state index contributed by atoms with van der Waals surface area (Å²) in [4.78, 5) is 28.1. The van der Waals surface area contributed by atoms with Gasteiger partial charge in [0.05, 0.1) is 17.2 Å². The quantitative estimate of drug-likeness (QED) is 0.265. The number of sulfonamides is 1. The van der Waals surface area contributed by atoms with Gasteiger partial charge in [0.25, 0.3) is 10.0 Å². The highest BCUT2D eigenvalue weighted by molar-refractivity contribution is 7.92. The molecule has 0 saturated heterocycles. The van der Waals surface area contributed by atoms with Gasteiger partial charge in [-0.2, -0.15) is 0 Å². The second kappa shape index (κ2) is 14.5. The van der Waals surface area contributed by atoms with Crippen molar-refractivity contribution >= 4 is 50.7 Å². The Labute approximate surface area is 250 Å². The number of rotatable bonds is 13. The summed E-state index contributed by atoms with van der Waals surface area (Å²) >= 11 is 12.8. The zero-order chi connectivity index (χ0) is 30.2. The fraction of sp³-hybridized carbons (Fsp3) is 0.310. The highest BCUT2D eigenvalue weighted by Gasteiger charge is 2.34. The van der Waals surface area contributed by atoms with Gasteiger partial charge in [0.1, 0.15) is 24.2 Å². The Kier molecular flexibility index (Phi) is 11.4. The lowest BCUT2D eigenvalue weighted by atomic mass is 10.1. The standard InChI is InChI=1S/C29H32Cl2FN3O5S/c1-4-27(29(37)33-5-2)34(18-24-25(30)8-7-9-26(24)31)28(36)19-35(21-12-14-22(15-13-21)40-6-3)41(38,39)23-16-10-20(32)11-17-23/h7-17,27H,4-6,18-19H2,1-3H3,(H,33,37)/t27-/m1/s1. The molecular formula is C29H32Cl2FN3O5S. The van der Waals surface area contributed by atoms with Crippen molar-refractivity contribution in [1.29, 1.82) is 0 Å². The minimum absolute atomic E-state index is 0.138. The molecule has 0 bridgehead atoms. The van der Waals surface area contributed by atoms with Crippen LogP contribution >= 0.6 is 23.2 Å². The van der Waals surface area contributed by atoms with Crippen molar-refractivity contribution in [2.75, 3.05) is 24.0 Å². The average Bonchev–Trinajstić information content (AvgIpc) is 2.94. The fourth-order valence-electron chi connectivity index (χ4n) is 4.20. The maximum absolute atomic E-state index is 14.0. The van der Waals surface area contributed by atoms with E-state index in [1.165, 1.54) is 17.0 Å². The van der Waals surface area contributed by atoms with Crippen LogP contribution in [-0.2, 0) is 26.2 Å². The zero-order valence-corrected chi connectivity index (χ0v) is 25.3. The number of hydrogen-bond donors (Lipinski definition) is 1. The van der Waals surface area contributed by atoms with Crippen LogP contribution in [0.5, 0.6) is 5.75 Å². The summed E-state index contributed by atoms with van der Waals surface area (Å²) in [5.74, 6) is -1.17. The van der Waals surface area contributed by atoms with E-state index in [1.807, 2.05) is 6.92 Å². The van der Waals surface area contributed by atoms with Crippen molar-refractivity contribution in [1.82, 2.24) is 10.2 Å². The molecule has 1 N–H and O–H groups in total. The third-order valence-electron chi connectivity index (χ3n) is 6.24. The SMILES string of the molecule is CCNC(=O)[C@@H](CC)N(Cc1c(Cl)cccc1Cl)C(=O)CN(c1ccc(OCC)cc1)S(=O)(=O)c1ccc(F)cc1. The molecule has 41 heavy (non-hydrogen) atoms. The molecule has 0 aliphatic rings. The van der Waals surface area contributed by atoms with Crippen molar-refractivity contribution in [2.45, 2.75) is 44.7 Å². The van der Waals surface area contributed by atoms with Crippen LogP contribution in [0.2, 0.25) is 10.0 Å². The van der Waals surface area contributed by atoms with Gasteiger partial charge in [0.15, 0.2) is 0 Å². The molecule has 0 aromatic heterocycles. The van der Waals surface area contributed by atoms with E-state index in [0.29, 0.717) is 34.5 Å². The Hall–Kier alpha value is -3.34. The minimum Gasteiger partial charge on any atom is -0.494 e. The van der Waals surface area contributed by atoms with Crippen molar-refractivity contribution in [3.05, 3.63) is 88.2 Å². The van der Waals surface area contributed by atoms with E-state index < -0.39 is 40.2 Å². The van der Waals surface area contributed by atoms with E-state index >= 15 is 0 Å². The van der Waals surface area contributed by atoms with Gasteiger partial charge in [-0.25, -0.2) is 12.8 Å². The molecule has 0 unspecified atom stereocenters. The lowest BCUT2D eigenvalue weighted by Gasteiger charge is -2.33. The Bertz CT molecular complexity index is 1430. The Morgan fingerprint density at radius 3 is 2.10 bits per heavy atom. The monoisotopic (exact) mass is 623 g/mol. The summed E-state index contributed by atoms with van der Waals surface area (Å²) in [6.45, 7) is 5.26. The highest BCUT2D eigenvalue weighted by atomic mass is 35.5. The Morgan fingerprint density at radius 2 is 1.56 bits per heavy atom. The maximum Gasteiger partial charge on any atom is 0.264 e. The van der Waals surface area contributed by atoms with Crippen LogP contribution in [0.1, 0.15) is 32.8 Å². The molecule has 3 rings (SSSR count). The van der Waals surface area contributed by atoms with E-state index in [9.17, 15) is 22.4 Å². The summed E-state index contributed by atoms with van der Waals surface area (Å²) in [5.41, 5.74) is 0.592. The molecule has 0 aliphatic carbocycles. The van der Waals surface area contributed by atoms with Gasteiger partial charge < -0.3 is 15.0 Å². The smallest absolute Gasteiger partial charge is 0.264 e. The van der Waals surface area contributed by atoms with Crippen molar-refractivity contribution in [3.63, 3.8) is 0 Å². The number of hydrogen-bond acceptors (Lipinski definition) is 5. The first-order valence-corrected chi connectivity index (χ1v) is 15.2. The molecule has 8 nitrogen and oxygen atoms in total. The molecule has 2 amide bonds. The minimum atomic E-state index is -4.35. The normalized spacial score (nSPS) is 12.0. The summed E-state index contributed by atoms with van der Waals surface area (Å²) in [5, 5.41) is 3.32. The predicted molar refractivity (Wildman–Crippen MR) is 158 cm³/mol. The molecule has 3 aromatic rings. The van der Waals surface area contributed by atoms with Gasteiger partial charge in [-0.3, -0.25) is 13.9 Å². The number of amides is 2. The van der Waals surface area contributed by atoms with Crippen LogP contribution in [0.3, 0.4) is 0 Å². The van der Waals surface area contributed by atoms with Crippen molar-refractivity contribution < 1.29 is 27.1 Å². The van der Waals surface area contributed by atoms with Crippen LogP contribution in [0.4, 0.5) is 10.1 Å². The molecule has 3 aromatic carbocycles. The number of anilines is 1. The first-order valence-electron chi connectivity index (χ1n) is 13.0. The molecule has 0 heterocycles. The molecule has 0 saturated carbocycles. The molecule has 1 atom stereocenters. The van der Waals surface area contributed by atoms with Crippen LogP contribution in [0.15, 0.2) is 71.6 Å². The number of likely N-dealkylation sites (N-methyl/N-ethyl adjacent to an activating group) is 1. The first kappa shape index (κ1) is 32.2. The number of halogens is 3. The summed E-state index contributed by atoms with van der Waals surface area (Å²) < 4.78 is 47.7. The number of carbonyl (C=O) groups excluding carboxylic acids is 2. The number of ether oxygens (including phenoxy) is 1. The molecule has 0 aliphatic heterocycles. The average molecular weight is 625 g/mol. The van der Waals surface area contributed by atoms with Gasteiger partial charge in [-0.05, 0) is 80.9 Å². The largest absolute Gasteiger partial charge is 0.494 e. The van der Waals surface area contributed by atoms with E-state index in [2.05, 4.69) is 5.32 Å². The van der Waals surface area contributed by atoms with Crippen LogP contribution in [0, 0.1) is 5.82 Å². The van der Waals surface area contributed by atoms with E-state index in [0.717, 1.165) is 28.6 Å². The number of benzene rings is 3. The predicted octanol–water partition coefficient (Wildman–Crippen LogP) is 5.67. The number of nitrogens with zero attached hydrogens (tertiary/aromatic N) is 2. The maximum atomic E-state index is 14.0. The third-order valence-corrected chi connectivity index (χ3v) is 8.74. The molecule has 0 fully saturated rings. The van der Waals surface area contributed by atoms with E-state index in [4.69, 9.17) is 27.9 Å². The van der Waals surface area contributed by atoms with E-state index in [-0.39, 0.29) is 23.5 Å². The summed E-state index contributed by atoms with van der Waals surface area (Å²) in [6.07, 6.45) is 0.243. The summed E-state index contributed by atoms with van der Waals surface area (Å²) in [7, 11) is -4.35. The van der Waals surface area contributed by atoms with Crippen LogP contribution in [0.25, 0.3) is 0 Å². The molecule has 0 spiro atoms. The van der Waals surface area contributed by atoms with Crippen LogP contribution < -0.4 is 14.4 Å². The fourth-order valence-corrected chi connectivity index (χ4v) is 6.13. The lowest BCUT2D eigenvalue weighted by Crippen LogP contribution is -2.52. The van der Waals surface area contributed by atoms with Crippen LogP contribution in [-0.4, -0.2) is 50.9 Å². The van der Waals surface area contributed by atoms with Gasteiger partial charge in [-0.15, -0.1) is 0 Å². The lowest BCUT2D eigenvalue weighted by molar-refractivity contribution is -0.140. The van der Waals surface area contributed by atoms with Gasteiger partial charge in [-0.1, -0.05) is 36.2 Å². The first-order chi connectivity index (χ1) is 19.5. The molecular weight excluding hydrogens is 592 g/mol. The third kappa shape index (κ3) is 7.90. The second-order valence-electron chi connectivity index (χ2n) is 8.93. The topological polar surface area (TPSA) is 96.0 Å². The molecule has 220 valence electrons. The van der Waals surface area contributed by atoms with Gasteiger partial charge >= 0.3 is 0 Å². The van der Waals surface area contributed by atoms with E-state index in [1.54, 1.807) is 44.2 Å². The van der Waals surface area contributed by atoms with Gasteiger partial charge in [0.2, 0.25) is 11.8 Å². The number of carbonyl (C=O) groups is 2. The molecule has 12 heteroatoms. The Balaban J connectivity index is 2.10. The van der Waals surface area contributed by atoms with Gasteiger partial charge in [0, 0.05) is 28.7 Å². The Morgan fingerprint density at radius 1 is 0.951 bits per heavy atom. The number of nitrogens with one attached hydrogen (secondary N) is 1. The highest BCUT2D eigenvalue weighted by Crippen LogP contribution is 2.29. The summed E-state index contributed by atoms with van der Waals surface area (Å²) in [6, 6.07) is 14.4. The zero-order valence-electron chi connectivity index (χ0n) is 22.9. The van der Waals surface area contributed by atoms with Crippen molar-refractivity contribution in [2.24, 2.45) is 0 Å². The van der Waals surface area contributed by atoms with Crippen molar-refractivity contribution in [3.8, 4) is 5.75 Å². The molecule has 0 radical (unpaired) electrons.